The Hall–Kier alpha value is -3.87. The minimum atomic E-state index is -1.02. The van der Waals surface area contributed by atoms with E-state index in [1.165, 1.54) is 6.07 Å². The average molecular weight is 453 g/mol. The van der Waals surface area contributed by atoms with Crippen molar-refractivity contribution in [3.8, 4) is 28.7 Å². The summed E-state index contributed by atoms with van der Waals surface area (Å²) in [6, 6.07) is 14.5. The van der Waals surface area contributed by atoms with E-state index in [9.17, 15) is 9.90 Å². The van der Waals surface area contributed by atoms with Crippen molar-refractivity contribution in [2.24, 2.45) is 0 Å². The van der Waals surface area contributed by atoms with Gasteiger partial charge in [0.05, 0.1) is 28.4 Å². The Kier molecular flexibility index (Phi) is 7.66. The second-order valence-corrected chi connectivity index (χ2v) is 7.32. The van der Waals surface area contributed by atoms with Crippen LogP contribution in [0.3, 0.4) is 0 Å². The first-order valence-corrected chi connectivity index (χ1v) is 10.3. The van der Waals surface area contributed by atoms with Crippen molar-refractivity contribution < 1.29 is 33.6 Å². The number of hydrogen-bond acceptors (Lipinski definition) is 6. The van der Waals surface area contributed by atoms with Crippen LogP contribution in [0.1, 0.15) is 32.6 Å². The summed E-state index contributed by atoms with van der Waals surface area (Å²) >= 11 is 0. The molecule has 3 aromatic rings. The molecule has 0 atom stereocenters. The molecule has 3 rings (SSSR count). The lowest BCUT2D eigenvalue weighted by Gasteiger charge is -2.21. The predicted octanol–water partition coefficient (Wildman–Crippen LogP) is 4.90. The molecule has 1 N–H and O–H groups in total. The standard InChI is InChI=1S/C26H28O7/c1-16-20(23(30-3)25(32-5)24(31-4)22(16)29-2)14-17-10-12-18(13-11-17)15-33-21-9-7-6-8-19(21)26(27)28/h6-13H,14-15H2,1-5H3,(H,27,28). The molecule has 0 saturated heterocycles. The zero-order chi connectivity index (χ0) is 24.0. The monoisotopic (exact) mass is 452 g/mol. The maximum absolute atomic E-state index is 11.3. The summed E-state index contributed by atoms with van der Waals surface area (Å²) < 4.78 is 28.1. The Morgan fingerprint density at radius 3 is 1.88 bits per heavy atom. The van der Waals surface area contributed by atoms with Crippen LogP contribution in [0.4, 0.5) is 0 Å². The summed E-state index contributed by atoms with van der Waals surface area (Å²) in [6.45, 7) is 2.22. The second-order valence-electron chi connectivity index (χ2n) is 7.32. The molecule has 0 spiro atoms. The molecule has 7 heteroatoms. The average Bonchev–Trinajstić information content (AvgIpc) is 2.84. The van der Waals surface area contributed by atoms with E-state index in [2.05, 4.69) is 0 Å². The summed E-state index contributed by atoms with van der Waals surface area (Å²) in [5, 5.41) is 9.30. The smallest absolute Gasteiger partial charge is 0.339 e. The van der Waals surface area contributed by atoms with E-state index >= 15 is 0 Å². The molecule has 0 aliphatic rings. The third-order valence-corrected chi connectivity index (χ3v) is 5.42. The maximum atomic E-state index is 11.3. The number of rotatable bonds is 10. The van der Waals surface area contributed by atoms with E-state index in [1.54, 1.807) is 46.6 Å². The molecular formula is C26H28O7. The molecular weight excluding hydrogens is 424 g/mol. The van der Waals surface area contributed by atoms with Gasteiger partial charge in [-0.3, -0.25) is 0 Å². The van der Waals surface area contributed by atoms with Crippen molar-refractivity contribution in [3.63, 3.8) is 0 Å². The highest BCUT2D eigenvalue weighted by molar-refractivity contribution is 5.90. The molecule has 0 radical (unpaired) electrons. The molecule has 3 aromatic carbocycles. The molecule has 0 bridgehead atoms. The number of para-hydroxylation sites is 1. The van der Waals surface area contributed by atoms with Gasteiger partial charge in [0.1, 0.15) is 17.9 Å². The maximum Gasteiger partial charge on any atom is 0.339 e. The van der Waals surface area contributed by atoms with Gasteiger partial charge in [-0.25, -0.2) is 4.79 Å². The molecule has 0 aliphatic heterocycles. The van der Waals surface area contributed by atoms with E-state index in [-0.39, 0.29) is 12.2 Å². The van der Waals surface area contributed by atoms with Gasteiger partial charge in [-0.1, -0.05) is 36.4 Å². The predicted molar refractivity (Wildman–Crippen MR) is 124 cm³/mol. The van der Waals surface area contributed by atoms with Gasteiger partial charge < -0.3 is 28.8 Å². The lowest BCUT2D eigenvalue weighted by atomic mass is 9.97. The Balaban J connectivity index is 1.84. The third-order valence-electron chi connectivity index (χ3n) is 5.42. The van der Waals surface area contributed by atoms with Crippen molar-refractivity contribution in [3.05, 3.63) is 76.3 Å². The van der Waals surface area contributed by atoms with Gasteiger partial charge in [-0.2, -0.15) is 0 Å². The number of carboxylic acids is 1. The SMILES string of the molecule is COc1c(C)c(Cc2ccc(COc3ccccc3C(=O)O)cc2)c(OC)c(OC)c1OC. The molecule has 0 unspecified atom stereocenters. The van der Waals surface area contributed by atoms with Crippen molar-refractivity contribution in [2.45, 2.75) is 20.0 Å². The molecule has 0 saturated carbocycles. The first-order valence-electron chi connectivity index (χ1n) is 10.3. The summed E-state index contributed by atoms with van der Waals surface area (Å²) in [7, 11) is 6.32. The number of benzene rings is 3. The van der Waals surface area contributed by atoms with E-state index in [0.717, 1.165) is 22.3 Å². The van der Waals surface area contributed by atoms with E-state index in [1.807, 2.05) is 31.2 Å². The third kappa shape index (κ3) is 4.98. The fourth-order valence-corrected chi connectivity index (χ4v) is 3.75. The Labute approximate surface area is 193 Å². The van der Waals surface area contributed by atoms with Gasteiger partial charge in [-0.05, 0) is 30.2 Å². The van der Waals surface area contributed by atoms with E-state index < -0.39 is 5.97 Å². The van der Waals surface area contributed by atoms with E-state index in [0.29, 0.717) is 35.2 Å². The molecule has 0 amide bonds. The Bertz CT molecular complexity index is 1120. The molecule has 0 heterocycles. The molecule has 0 aliphatic carbocycles. The normalized spacial score (nSPS) is 10.5. The van der Waals surface area contributed by atoms with Crippen molar-refractivity contribution in [1.29, 1.82) is 0 Å². The highest BCUT2D eigenvalue weighted by atomic mass is 16.5. The number of ether oxygens (including phenoxy) is 5. The van der Waals surface area contributed by atoms with Crippen molar-refractivity contribution >= 4 is 5.97 Å². The summed E-state index contributed by atoms with van der Waals surface area (Å²) in [5.41, 5.74) is 3.96. The van der Waals surface area contributed by atoms with Crippen LogP contribution >= 0.6 is 0 Å². The van der Waals surface area contributed by atoms with Crippen molar-refractivity contribution in [2.75, 3.05) is 28.4 Å². The number of carboxylic acid groups (broad SMARTS) is 1. The first-order chi connectivity index (χ1) is 15.9. The number of hydrogen-bond donors (Lipinski definition) is 1. The lowest BCUT2D eigenvalue weighted by molar-refractivity contribution is 0.0691. The summed E-state index contributed by atoms with van der Waals surface area (Å²) in [6.07, 6.45) is 0.592. The summed E-state index contributed by atoms with van der Waals surface area (Å²) in [4.78, 5) is 11.3. The highest BCUT2D eigenvalue weighted by Crippen LogP contribution is 2.49. The molecule has 7 nitrogen and oxygen atoms in total. The quantitative estimate of drug-likeness (QED) is 0.469. The minimum absolute atomic E-state index is 0.138. The Morgan fingerprint density at radius 2 is 1.30 bits per heavy atom. The minimum Gasteiger partial charge on any atom is -0.492 e. The van der Waals surface area contributed by atoms with Gasteiger partial charge in [0.2, 0.25) is 11.5 Å². The fourth-order valence-electron chi connectivity index (χ4n) is 3.75. The van der Waals surface area contributed by atoms with Crippen LogP contribution in [0, 0.1) is 6.92 Å². The fraction of sp³-hybridized carbons (Fsp3) is 0.269. The van der Waals surface area contributed by atoms with Gasteiger partial charge in [-0.15, -0.1) is 0 Å². The molecule has 0 fully saturated rings. The topological polar surface area (TPSA) is 83.5 Å². The molecule has 174 valence electrons. The van der Waals surface area contributed by atoms with Gasteiger partial charge >= 0.3 is 5.97 Å². The highest BCUT2D eigenvalue weighted by Gasteiger charge is 2.25. The number of carbonyl (C=O) groups is 1. The van der Waals surface area contributed by atoms with Gasteiger partial charge in [0.25, 0.3) is 0 Å². The van der Waals surface area contributed by atoms with Crippen LogP contribution < -0.4 is 23.7 Å². The summed E-state index contributed by atoms with van der Waals surface area (Å²) in [5.74, 6) is 1.51. The Morgan fingerprint density at radius 1 is 0.758 bits per heavy atom. The van der Waals surface area contributed by atoms with Gasteiger partial charge in [0, 0.05) is 17.5 Å². The first kappa shape index (κ1) is 23.8. The largest absolute Gasteiger partial charge is 0.492 e. The van der Waals surface area contributed by atoms with Crippen molar-refractivity contribution in [1.82, 2.24) is 0 Å². The zero-order valence-corrected chi connectivity index (χ0v) is 19.4. The molecule has 33 heavy (non-hydrogen) atoms. The zero-order valence-electron chi connectivity index (χ0n) is 19.4. The number of methoxy groups -OCH3 is 4. The van der Waals surface area contributed by atoms with Crippen LogP contribution in [-0.4, -0.2) is 39.5 Å². The number of aromatic carboxylic acids is 1. The van der Waals surface area contributed by atoms with Crippen LogP contribution in [0.25, 0.3) is 0 Å². The van der Waals surface area contributed by atoms with Crippen LogP contribution in [0.15, 0.2) is 48.5 Å². The van der Waals surface area contributed by atoms with Crippen LogP contribution in [0.5, 0.6) is 28.7 Å². The lowest BCUT2D eigenvalue weighted by Crippen LogP contribution is -2.05. The van der Waals surface area contributed by atoms with E-state index in [4.69, 9.17) is 23.7 Å². The van der Waals surface area contributed by atoms with Crippen LogP contribution in [0.2, 0.25) is 0 Å². The van der Waals surface area contributed by atoms with Gasteiger partial charge in [0.15, 0.2) is 11.5 Å². The second kappa shape index (κ2) is 10.6. The van der Waals surface area contributed by atoms with Crippen LogP contribution in [-0.2, 0) is 13.0 Å². The molecule has 0 aromatic heterocycles.